The van der Waals surface area contributed by atoms with Gasteiger partial charge in [-0.25, -0.2) is 0 Å². The molecule has 0 bridgehead atoms. The zero-order valence-corrected chi connectivity index (χ0v) is 7.72. The van der Waals surface area contributed by atoms with Crippen molar-refractivity contribution in [2.24, 2.45) is 5.92 Å². The Morgan fingerprint density at radius 2 is 1.70 bits per heavy atom. The molecule has 0 saturated carbocycles. The van der Waals surface area contributed by atoms with Crippen LogP contribution in [0.3, 0.4) is 0 Å². The van der Waals surface area contributed by atoms with Crippen LogP contribution >= 0.6 is 0 Å². The molecule has 0 aliphatic carbocycles. The van der Waals surface area contributed by atoms with E-state index in [1.807, 2.05) is 5.06 Å². The standard InChI is InChI=1S/C8H19NO/c1-7(2)6-9(10-5)8(3)4/h7-8H,6H2,1-5H3. The summed E-state index contributed by atoms with van der Waals surface area (Å²) in [6, 6.07) is 0.479. The van der Waals surface area contributed by atoms with E-state index in [4.69, 9.17) is 4.84 Å². The maximum atomic E-state index is 5.16. The first-order valence-electron chi connectivity index (χ1n) is 3.88. The van der Waals surface area contributed by atoms with Crippen LogP contribution in [0.15, 0.2) is 0 Å². The first-order chi connectivity index (χ1) is 4.57. The van der Waals surface area contributed by atoms with Gasteiger partial charge in [0.15, 0.2) is 0 Å². The van der Waals surface area contributed by atoms with E-state index >= 15 is 0 Å². The molecule has 0 N–H and O–H groups in total. The van der Waals surface area contributed by atoms with E-state index in [9.17, 15) is 0 Å². The highest BCUT2D eigenvalue weighted by molar-refractivity contribution is 4.54. The average Bonchev–Trinajstić information content (AvgIpc) is 1.81. The fraction of sp³-hybridized carbons (Fsp3) is 1.00. The third-order valence-electron chi connectivity index (χ3n) is 1.36. The van der Waals surface area contributed by atoms with E-state index in [0.717, 1.165) is 6.54 Å². The van der Waals surface area contributed by atoms with Crippen LogP contribution in [0.25, 0.3) is 0 Å². The van der Waals surface area contributed by atoms with Crippen LogP contribution in [0.1, 0.15) is 27.7 Å². The van der Waals surface area contributed by atoms with E-state index in [2.05, 4.69) is 27.7 Å². The molecule has 0 radical (unpaired) electrons. The molecule has 0 fully saturated rings. The second-order valence-electron chi connectivity index (χ2n) is 3.27. The molecule has 0 aliphatic heterocycles. The van der Waals surface area contributed by atoms with Gasteiger partial charge in [-0.1, -0.05) is 13.8 Å². The van der Waals surface area contributed by atoms with Gasteiger partial charge in [-0.15, -0.1) is 0 Å². The fourth-order valence-corrected chi connectivity index (χ4v) is 0.856. The van der Waals surface area contributed by atoms with Gasteiger partial charge in [-0.2, -0.15) is 5.06 Å². The fourth-order valence-electron chi connectivity index (χ4n) is 0.856. The zero-order chi connectivity index (χ0) is 8.15. The third-order valence-corrected chi connectivity index (χ3v) is 1.36. The lowest BCUT2D eigenvalue weighted by Crippen LogP contribution is -2.32. The summed E-state index contributed by atoms with van der Waals surface area (Å²) in [5.74, 6) is 0.669. The van der Waals surface area contributed by atoms with Gasteiger partial charge in [-0.3, -0.25) is 0 Å². The smallest absolute Gasteiger partial charge is 0.0575 e. The quantitative estimate of drug-likeness (QED) is 0.560. The zero-order valence-electron chi connectivity index (χ0n) is 7.72. The van der Waals surface area contributed by atoms with Gasteiger partial charge in [0.2, 0.25) is 0 Å². The topological polar surface area (TPSA) is 12.5 Å². The summed E-state index contributed by atoms with van der Waals surface area (Å²) >= 11 is 0. The second-order valence-corrected chi connectivity index (χ2v) is 3.27. The minimum atomic E-state index is 0.479. The molecule has 0 atom stereocenters. The number of hydroxylamine groups is 2. The van der Waals surface area contributed by atoms with Crippen LogP contribution in [-0.4, -0.2) is 24.8 Å². The summed E-state index contributed by atoms with van der Waals surface area (Å²) in [7, 11) is 1.72. The minimum Gasteiger partial charge on any atom is -0.302 e. The van der Waals surface area contributed by atoms with Gasteiger partial charge in [0.05, 0.1) is 7.11 Å². The van der Waals surface area contributed by atoms with Crippen LogP contribution in [0.2, 0.25) is 0 Å². The largest absolute Gasteiger partial charge is 0.302 e. The van der Waals surface area contributed by atoms with Crippen molar-refractivity contribution < 1.29 is 4.84 Å². The Morgan fingerprint density at radius 1 is 1.20 bits per heavy atom. The predicted octanol–water partition coefficient (Wildman–Crippen LogP) is 1.91. The van der Waals surface area contributed by atoms with Gasteiger partial charge in [-0.05, 0) is 19.8 Å². The minimum absolute atomic E-state index is 0.479. The highest BCUT2D eigenvalue weighted by atomic mass is 16.7. The molecule has 2 heteroatoms. The maximum absolute atomic E-state index is 5.16. The first-order valence-corrected chi connectivity index (χ1v) is 3.88. The second kappa shape index (κ2) is 4.69. The van der Waals surface area contributed by atoms with Crippen LogP contribution in [0.4, 0.5) is 0 Å². The molecule has 0 aromatic heterocycles. The first kappa shape index (κ1) is 9.92. The van der Waals surface area contributed by atoms with Crippen LogP contribution in [-0.2, 0) is 4.84 Å². The van der Waals surface area contributed by atoms with Crippen molar-refractivity contribution in [3.63, 3.8) is 0 Å². The SMILES string of the molecule is CON(CC(C)C)C(C)C. The third kappa shape index (κ3) is 3.85. The van der Waals surface area contributed by atoms with Crippen LogP contribution in [0, 0.1) is 5.92 Å². The molecular weight excluding hydrogens is 126 g/mol. The van der Waals surface area contributed by atoms with Crippen LogP contribution in [0.5, 0.6) is 0 Å². The van der Waals surface area contributed by atoms with Crippen molar-refractivity contribution in [1.82, 2.24) is 5.06 Å². The molecule has 0 heterocycles. The van der Waals surface area contributed by atoms with E-state index < -0.39 is 0 Å². The lowest BCUT2D eigenvalue weighted by atomic mass is 10.2. The van der Waals surface area contributed by atoms with E-state index in [0.29, 0.717) is 12.0 Å². The van der Waals surface area contributed by atoms with Gasteiger partial charge in [0, 0.05) is 12.6 Å². The Labute approximate surface area is 64.1 Å². The summed E-state index contributed by atoms with van der Waals surface area (Å²) in [6.07, 6.45) is 0. The molecule has 0 aromatic carbocycles. The summed E-state index contributed by atoms with van der Waals surface area (Å²) < 4.78 is 0. The number of nitrogens with zero attached hydrogens (tertiary/aromatic N) is 1. The Bertz CT molecular complexity index is 81.3. The molecule has 0 aromatic rings. The molecule has 0 rings (SSSR count). The molecule has 2 nitrogen and oxygen atoms in total. The Hall–Kier alpha value is -0.0800. The van der Waals surface area contributed by atoms with Crippen molar-refractivity contribution in [3.8, 4) is 0 Å². The molecule has 0 unspecified atom stereocenters. The molecule has 62 valence electrons. The van der Waals surface area contributed by atoms with E-state index in [-0.39, 0.29) is 0 Å². The number of rotatable bonds is 4. The number of hydrogen-bond acceptors (Lipinski definition) is 2. The summed E-state index contributed by atoms with van der Waals surface area (Å²) in [5, 5.41) is 1.99. The maximum Gasteiger partial charge on any atom is 0.0575 e. The Morgan fingerprint density at radius 3 is 1.80 bits per heavy atom. The monoisotopic (exact) mass is 145 g/mol. The van der Waals surface area contributed by atoms with Crippen molar-refractivity contribution in [1.29, 1.82) is 0 Å². The lowest BCUT2D eigenvalue weighted by molar-refractivity contribution is -0.159. The van der Waals surface area contributed by atoms with Gasteiger partial charge >= 0.3 is 0 Å². The van der Waals surface area contributed by atoms with Gasteiger partial charge < -0.3 is 4.84 Å². The lowest BCUT2D eigenvalue weighted by Gasteiger charge is -2.25. The highest BCUT2D eigenvalue weighted by Gasteiger charge is 2.08. The molecule has 10 heavy (non-hydrogen) atoms. The Kier molecular flexibility index (Phi) is 4.65. The summed E-state index contributed by atoms with van der Waals surface area (Å²) in [4.78, 5) is 5.16. The molecule has 0 saturated heterocycles. The Balaban J connectivity index is 3.60. The van der Waals surface area contributed by atoms with Crippen molar-refractivity contribution in [2.75, 3.05) is 13.7 Å². The van der Waals surface area contributed by atoms with E-state index in [1.54, 1.807) is 7.11 Å². The molecule has 0 amide bonds. The van der Waals surface area contributed by atoms with E-state index in [1.165, 1.54) is 0 Å². The predicted molar refractivity (Wildman–Crippen MR) is 43.7 cm³/mol. The number of hydrogen-bond donors (Lipinski definition) is 0. The highest BCUT2D eigenvalue weighted by Crippen LogP contribution is 2.02. The van der Waals surface area contributed by atoms with Gasteiger partial charge in [0.1, 0.15) is 0 Å². The summed E-state index contributed by atoms with van der Waals surface area (Å²) in [5.41, 5.74) is 0. The van der Waals surface area contributed by atoms with Crippen molar-refractivity contribution in [2.45, 2.75) is 33.7 Å². The van der Waals surface area contributed by atoms with Crippen molar-refractivity contribution in [3.05, 3.63) is 0 Å². The summed E-state index contributed by atoms with van der Waals surface area (Å²) in [6.45, 7) is 9.65. The molecule has 0 aliphatic rings. The van der Waals surface area contributed by atoms with Crippen LogP contribution < -0.4 is 0 Å². The molecule has 0 spiro atoms. The average molecular weight is 145 g/mol. The normalized spacial score (nSPS) is 12.0. The van der Waals surface area contributed by atoms with Crippen molar-refractivity contribution >= 4 is 0 Å². The van der Waals surface area contributed by atoms with Gasteiger partial charge in [0.25, 0.3) is 0 Å². The molecular formula is C8H19NO.